The van der Waals surface area contributed by atoms with Crippen LogP contribution in [0.5, 0.6) is 11.5 Å². The number of alkyl halides is 3. The Hall–Kier alpha value is -3.45. The van der Waals surface area contributed by atoms with E-state index in [4.69, 9.17) is 25.8 Å². The van der Waals surface area contributed by atoms with E-state index >= 15 is 0 Å². The van der Waals surface area contributed by atoms with Crippen LogP contribution >= 0.6 is 22.9 Å². The van der Waals surface area contributed by atoms with Crippen molar-refractivity contribution in [3.8, 4) is 11.5 Å². The lowest BCUT2D eigenvalue weighted by Crippen LogP contribution is -2.35. The van der Waals surface area contributed by atoms with E-state index in [-0.39, 0.29) is 28.0 Å². The number of hydrogen-bond donors (Lipinski definition) is 2. The minimum absolute atomic E-state index is 0.138. The third kappa shape index (κ3) is 5.44. The molecule has 1 amide bonds. The van der Waals surface area contributed by atoms with Crippen molar-refractivity contribution < 1.29 is 37.0 Å². The molecule has 2 atom stereocenters. The Morgan fingerprint density at radius 2 is 1.93 bits per heavy atom. The molecule has 14 heteroatoms. The van der Waals surface area contributed by atoms with Gasteiger partial charge in [-0.15, -0.1) is 11.3 Å². The number of methoxy groups -OCH3 is 2. The van der Waals surface area contributed by atoms with E-state index in [9.17, 15) is 22.8 Å². The number of aromatic nitrogens is 2. The number of carbonyl (C=O) groups excluding carboxylic acids is 2. The number of carbonyl (C=O) groups is 2. The highest BCUT2D eigenvalue weighted by molar-refractivity contribution is 7.17. The Bertz CT molecular complexity index is 1490. The summed E-state index contributed by atoms with van der Waals surface area (Å²) in [6.45, 7) is 1.84. The number of rotatable bonds is 7. The molecule has 0 fully saturated rings. The number of halogens is 4. The highest BCUT2D eigenvalue weighted by Gasteiger charge is 2.48. The summed E-state index contributed by atoms with van der Waals surface area (Å²) in [7, 11) is 2.89. The number of fused-ring (bicyclic) bond motifs is 2. The molecule has 0 unspecified atom stereocenters. The Balaban J connectivity index is 1.50. The first-order chi connectivity index (χ1) is 19.6. The normalized spacial score (nSPS) is 18.1. The molecule has 41 heavy (non-hydrogen) atoms. The van der Waals surface area contributed by atoms with Crippen molar-refractivity contribution >= 4 is 45.6 Å². The largest absolute Gasteiger partial charge is 0.493 e. The fourth-order valence-corrected chi connectivity index (χ4v) is 6.80. The minimum atomic E-state index is -4.68. The lowest BCUT2D eigenvalue weighted by molar-refractivity contribution is -0.173. The number of esters is 1. The number of ether oxygens (including phenoxy) is 3. The van der Waals surface area contributed by atoms with Crippen LogP contribution in [-0.2, 0) is 17.6 Å². The monoisotopic (exact) mass is 612 g/mol. The quantitative estimate of drug-likeness (QED) is 0.290. The average molecular weight is 613 g/mol. The van der Waals surface area contributed by atoms with Crippen LogP contribution < -0.4 is 20.1 Å². The number of nitrogens with zero attached hydrogens (tertiary/aromatic N) is 2. The molecule has 0 bridgehead atoms. The SMILES string of the molecule is CCOC(=O)c1c(NC(=O)c2nn3c(c2Cl)N[C@@H](c2ccc(OC)c(OC)c2)C[C@@H]3C(F)(F)F)sc2c1CCCC2. The number of amides is 1. The van der Waals surface area contributed by atoms with Crippen LogP contribution in [0.4, 0.5) is 24.0 Å². The summed E-state index contributed by atoms with van der Waals surface area (Å²) >= 11 is 7.78. The summed E-state index contributed by atoms with van der Waals surface area (Å²) in [5, 5.41) is 9.71. The van der Waals surface area contributed by atoms with Crippen molar-refractivity contribution in [2.24, 2.45) is 0 Å². The molecule has 1 aliphatic carbocycles. The first-order valence-electron chi connectivity index (χ1n) is 13.0. The van der Waals surface area contributed by atoms with E-state index in [2.05, 4.69) is 15.7 Å². The van der Waals surface area contributed by atoms with E-state index in [1.807, 2.05) is 0 Å². The van der Waals surface area contributed by atoms with Crippen molar-refractivity contribution in [3.05, 3.63) is 50.5 Å². The molecular formula is C27H28ClF3N4O5S. The van der Waals surface area contributed by atoms with Crippen molar-refractivity contribution in [1.29, 1.82) is 0 Å². The van der Waals surface area contributed by atoms with Gasteiger partial charge in [0.25, 0.3) is 5.91 Å². The fourth-order valence-electron chi connectivity index (χ4n) is 5.26. The topological polar surface area (TPSA) is 104 Å². The van der Waals surface area contributed by atoms with Crippen LogP contribution in [0.15, 0.2) is 18.2 Å². The molecule has 220 valence electrons. The third-order valence-corrected chi connectivity index (χ3v) is 8.76. The van der Waals surface area contributed by atoms with Gasteiger partial charge in [-0.25, -0.2) is 9.48 Å². The van der Waals surface area contributed by atoms with Crippen molar-refractivity contribution in [3.63, 3.8) is 0 Å². The second-order valence-corrected chi connectivity index (χ2v) is 11.1. The van der Waals surface area contributed by atoms with Gasteiger partial charge in [-0.1, -0.05) is 17.7 Å². The first kappa shape index (κ1) is 29.1. The summed E-state index contributed by atoms with van der Waals surface area (Å²) < 4.78 is 59.3. The van der Waals surface area contributed by atoms with E-state index in [0.29, 0.717) is 28.2 Å². The van der Waals surface area contributed by atoms with Crippen LogP contribution in [0.25, 0.3) is 0 Å². The van der Waals surface area contributed by atoms with Crippen molar-refractivity contribution in [2.75, 3.05) is 31.5 Å². The Morgan fingerprint density at radius 1 is 1.20 bits per heavy atom. The van der Waals surface area contributed by atoms with Gasteiger partial charge in [-0.05, 0) is 55.9 Å². The molecule has 0 radical (unpaired) electrons. The summed E-state index contributed by atoms with van der Waals surface area (Å²) in [5.74, 6) is -0.739. The summed E-state index contributed by atoms with van der Waals surface area (Å²) in [4.78, 5) is 27.2. The van der Waals surface area contributed by atoms with Crippen LogP contribution in [0, 0.1) is 0 Å². The van der Waals surface area contributed by atoms with E-state index in [0.717, 1.165) is 29.7 Å². The second kappa shape index (κ2) is 11.4. The highest BCUT2D eigenvalue weighted by Crippen LogP contribution is 2.47. The molecule has 0 spiro atoms. The van der Waals surface area contributed by atoms with Crippen LogP contribution in [0.1, 0.15) is 75.1 Å². The molecule has 2 aliphatic rings. The molecule has 3 heterocycles. The minimum Gasteiger partial charge on any atom is -0.493 e. The van der Waals surface area contributed by atoms with Gasteiger partial charge >= 0.3 is 12.1 Å². The molecule has 1 aromatic carbocycles. The van der Waals surface area contributed by atoms with E-state index in [1.54, 1.807) is 25.1 Å². The maximum absolute atomic E-state index is 14.3. The lowest BCUT2D eigenvalue weighted by atomic mass is 9.95. The molecule has 2 N–H and O–H groups in total. The molecule has 2 aromatic heterocycles. The van der Waals surface area contributed by atoms with Gasteiger partial charge in [0.1, 0.15) is 15.8 Å². The van der Waals surface area contributed by atoms with Crippen LogP contribution in [0.3, 0.4) is 0 Å². The zero-order chi connectivity index (χ0) is 29.5. The molecule has 9 nitrogen and oxygen atoms in total. The van der Waals surface area contributed by atoms with Gasteiger partial charge in [0.2, 0.25) is 0 Å². The Kier molecular flexibility index (Phi) is 8.11. The summed E-state index contributed by atoms with van der Waals surface area (Å²) in [5.41, 5.74) is 1.23. The van der Waals surface area contributed by atoms with E-state index < -0.39 is 42.3 Å². The number of benzene rings is 1. The number of hydrogen-bond acceptors (Lipinski definition) is 8. The predicted molar refractivity (Wildman–Crippen MR) is 148 cm³/mol. The van der Waals surface area contributed by atoms with Gasteiger partial charge in [-0.3, -0.25) is 4.79 Å². The molecule has 0 saturated heterocycles. The van der Waals surface area contributed by atoms with Gasteiger partial charge in [0.05, 0.1) is 32.4 Å². The van der Waals surface area contributed by atoms with Gasteiger partial charge < -0.3 is 24.8 Å². The average Bonchev–Trinajstić information content (AvgIpc) is 3.48. The second-order valence-electron chi connectivity index (χ2n) is 9.65. The molecule has 3 aromatic rings. The first-order valence-corrected chi connectivity index (χ1v) is 14.2. The van der Waals surface area contributed by atoms with E-state index in [1.165, 1.54) is 25.6 Å². The maximum atomic E-state index is 14.3. The van der Waals surface area contributed by atoms with Crippen LogP contribution in [0.2, 0.25) is 5.02 Å². The number of nitrogens with one attached hydrogen (secondary N) is 2. The lowest BCUT2D eigenvalue weighted by Gasteiger charge is -2.33. The standard InChI is InChI=1S/C27H28ClF3N4O5S/c1-4-40-26(37)20-14-7-5-6-8-18(14)41-25(20)33-24(36)22-21(28)23-32-15(12-19(27(29,30)31)35(23)34-22)13-9-10-16(38-2)17(11-13)39-3/h9-11,15,19,32H,4-8,12H2,1-3H3,(H,33,36)/t15-,19-/m1/s1. The van der Waals surface area contributed by atoms with Gasteiger partial charge in [-0.2, -0.15) is 18.3 Å². The van der Waals surface area contributed by atoms with Crippen molar-refractivity contribution in [2.45, 2.75) is 57.3 Å². The molecule has 1 aliphatic heterocycles. The Labute approximate surface area is 242 Å². The number of aryl methyl sites for hydroxylation is 1. The maximum Gasteiger partial charge on any atom is 0.410 e. The van der Waals surface area contributed by atoms with Crippen LogP contribution in [-0.4, -0.2) is 48.7 Å². The zero-order valence-electron chi connectivity index (χ0n) is 22.5. The molecule has 5 rings (SSSR count). The predicted octanol–water partition coefficient (Wildman–Crippen LogP) is 6.58. The van der Waals surface area contributed by atoms with Crippen molar-refractivity contribution in [1.82, 2.24) is 9.78 Å². The van der Waals surface area contributed by atoms with Gasteiger partial charge in [0, 0.05) is 11.3 Å². The highest BCUT2D eigenvalue weighted by atomic mass is 35.5. The van der Waals surface area contributed by atoms with Gasteiger partial charge in [0.15, 0.2) is 23.2 Å². The molecule has 0 saturated carbocycles. The summed E-state index contributed by atoms with van der Waals surface area (Å²) in [6.07, 6.45) is -1.81. The Morgan fingerprint density at radius 3 is 2.61 bits per heavy atom. The molecular weight excluding hydrogens is 585 g/mol. The smallest absolute Gasteiger partial charge is 0.410 e. The fraction of sp³-hybridized carbons (Fsp3) is 0.444. The number of thiophene rings is 1. The number of anilines is 2. The third-order valence-electron chi connectivity index (χ3n) is 7.20. The zero-order valence-corrected chi connectivity index (χ0v) is 24.1. The summed E-state index contributed by atoms with van der Waals surface area (Å²) in [6, 6.07) is 1.95.